The molecule has 0 saturated carbocycles. The molecule has 0 unspecified atom stereocenters. The second-order valence-corrected chi connectivity index (χ2v) is 5.84. The highest BCUT2D eigenvalue weighted by molar-refractivity contribution is 7.22. The van der Waals surface area contributed by atoms with E-state index in [1.165, 1.54) is 10.3 Å². The first-order valence-corrected chi connectivity index (χ1v) is 7.43. The molecule has 3 heteroatoms. The largest absolute Gasteiger partial charge is 0.357 e. The average molecular weight is 272 g/mol. The molecule has 0 aliphatic carbocycles. The second-order valence-electron chi connectivity index (χ2n) is 4.81. The Morgan fingerprint density at radius 3 is 2.84 bits per heavy atom. The van der Waals surface area contributed by atoms with E-state index in [4.69, 9.17) is 0 Å². The molecule has 0 amide bonds. The zero-order chi connectivity index (χ0) is 13.7. The van der Waals surface area contributed by atoms with Crippen molar-refractivity contribution in [1.29, 1.82) is 0 Å². The molecule has 0 atom stereocenters. The quantitative estimate of drug-likeness (QED) is 0.786. The minimum atomic E-state index is 0.581. The highest BCUT2D eigenvalue weighted by Gasteiger charge is 2.02. The van der Waals surface area contributed by atoms with Gasteiger partial charge < -0.3 is 5.32 Å². The SMILES string of the molecule is C/C=C(\C=C/C(C)C)CNc1nc2ccccc2s1. The number of rotatable bonds is 5. The molecule has 1 aromatic carbocycles. The number of benzene rings is 1. The highest BCUT2D eigenvalue weighted by Crippen LogP contribution is 2.25. The van der Waals surface area contributed by atoms with E-state index in [1.807, 2.05) is 18.2 Å². The van der Waals surface area contributed by atoms with Gasteiger partial charge in [-0.1, -0.05) is 55.5 Å². The van der Waals surface area contributed by atoms with E-state index in [0.29, 0.717) is 5.92 Å². The second kappa shape index (κ2) is 6.53. The van der Waals surface area contributed by atoms with Crippen molar-refractivity contribution >= 4 is 26.7 Å². The van der Waals surface area contributed by atoms with Gasteiger partial charge in [0.15, 0.2) is 5.13 Å². The number of anilines is 1. The number of fused-ring (bicyclic) bond motifs is 1. The van der Waals surface area contributed by atoms with E-state index in [0.717, 1.165) is 17.2 Å². The van der Waals surface area contributed by atoms with Crippen LogP contribution in [0.4, 0.5) is 5.13 Å². The molecule has 100 valence electrons. The Kier molecular flexibility index (Phi) is 4.74. The van der Waals surface area contributed by atoms with Crippen LogP contribution in [0.1, 0.15) is 20.8 Å². The summed E-state index contributed by atoms with van der Waals surface area (Å²) in [7, 11) is 0. The van der Waals surface area contributed by atoms with Crippen LogP contribution in [0.3, 0.4) is 0 Å². The van der Waals surface area contributed by atoms with E-state index in [2.05, 4.69) is 55.4 Å². The van der Waals surface area contributed by atoms with Gasteiger partial charge in [0.25, 0.3) is 0 Å². The van der Waals surface area contributed by atoms with Crippen LogP contribution in [0.5, 0.6) is 0 Å². The third kappa shape index (κ3) is 3.93. The van der Waals surface area contributed by atoms with Crippen molar-refractivity contribution in [1.82, 2.24) is 4.98 Å². The summed E-state index contributed by atoms with van der Waals surface area (Å²) in [6.07, 6.45) is 6.54. The first-order valence-electron chi connectivity index (χ1n) is 6.62. The number of para-hydroxylation sites is 1. The van der Waals surface area contributed by atoms with Crippen molar-refractivity contribution in [3.05, 3.63) is 48.1 Å². The van der Waals surface area contributed by atoms with Gasteiger partial charge in [0.05, 0.1) is 10.2 Å². The topological polar surface area (TPSA) is 24.9 Å². The first kappa shape index (κ1) is 13.8. The average Bonchev–Trinajstić information content (AvgIpc) is 2.81. The minimum Gasteiger partial charge on any atom is -0.357 e. The van der Waals surface area contributed by atoms with Gasteiger partial charge in [-0.3, -0.25) is 0 Å². The minimum absolute atomic E-state index is 0.581. The summed E-state index contributed by atoms with van der Waals surface area (Å²) in [6, 6.07) is 8.22. The Hall–Kier alpha value is -1.61. The van der Waals surface area contributed by atoms with Crippen LogP contribution in [0.15, 0.2) is 48.1 Å². The van der Waals surface area contributed by atoms with Crippen LogP contribution >= 0.6 is 11.3 Å². The monoisotopic (exact) mass is 272 g/mol. The lowest BCUT2D eigenvalue weighted by atomic mass is 10.1. The molecule has 0 saturated heterocycles. The number of allylic oxidation sites excluding steroid dienone is 2. The smallest absolute Gasteiger partial charge is 0.184 e. The van der Waals surface area contributed by atoms with Crippen LogP contribution in [-0.4, -0.2) is 11.5 Å². The maximum atomic E-state index is 4.57. The third-order valence-corrected chi connectivity index (χ3v) is 3.80. The molecule has 0 aliphatic rings. The van der Waals surface area contributed by atoms with Crippen molar-refractivity contribution in [3.63, 3.8) is 0 Å². The summed E-state index contributed by atoms with van der Waals surface area (Å²) < 4.78 is 1.23. The van der Waals surface area contributed by atoms with Gasteiger partial charge >= 0.3 is 0 Å². The molecule has 2 aromatic rings. The van der Waals surface area contributed by atoms with E-state index < -0.39 is 0 Å². The van der Waals surface area contributed by atoms with E-state index in [-0.39, 0.29) is 0 Å². The standard InChI is InChI=1S/C16H20N2S/c1-4-13(10-9-12(2)3)11-17-16-18-14-7-5-6-8-15(14)19-16/h4-10,12H,11H2,1-3H3,(H,17,18)/b10-9-,13-4+. The van der Waals surface area contributed by atoms with Gasteiger partial charge in [0, 0.05) is 6.54 Å². The lowest BCUT2D eigenvalue weighted by Gasteiger charge is -2.03. The fraction of sp³-hybridized carbons (Fsp3) is 0.312. The number of aromatic nitrogens is 1. The van der Waals surface area contributed by atoms with Crippen molar-refractivity contribution < 1.29 is 0 Å². The van der Waals surface area contributed by atoms with Crippen LogP contribution in [0.2, 0.25) is 0 Å². The number of nitrogens with one attached hydrogen (secondary N) is 1. The molecular weight excluding hydrogens is 252 g/mol. The summed E-state index contributed by atoms with van der Waals surface area (Å²) in [5.74, 6) is 0.581. The summed E-state index contributed by atoms with van der Waals surface area (Å²) >= 11 is 1.70. The first-order chi connectivity index (χ1) is 9.19. The van der Waals surface area contributed by atoms with Gasteiger partial charge in [-0.2, -0.15) is 0 Å². The van der Waals surface area contributed by atoms with Gasteiger partial charge in [-0.05, 0) is 30.5 Å². The van der Waals surface area contributed by atoms with Crippen molar-refractivity contribution in [2.75, 3.05) is 11.9 Å². The maximum Gasteiger partial charge on any atom is 0.184 e. The molecule has 1 heterocycles. The Labute approximate surface area is 118 Å². The van der Waals surface area contributed by atoms with Crippen molar-refractivity contribution in [2.45, 2.75) is 20.8 Å². The van der Waals surface area contributed by atoms with Crippen LogP contribution in [0, 0.1) is 5.92 Å². The lowest BCUT2D eigenvalue weighted by molar-refractivity contribution is 0.830. The van der Waals surface area contributed by atoms with Gasteiger partial charge in [0.1, 0.15) is 0 Å². The predicted octanol–water partition coefficient (Wildman–Crippen LogP) is 4.87. The van der Waals surface area contributed by atoms with Crippen LogP contribution in [0.25, 0.3) is 10.2 Å². The Balaban J connectivity index is 2.01. The summed E-state index contributed by atoms with van der Waals surface area (Å²) in [4.78, 5) is 4.57. The van der Waals surface area contributed by atoms with Crippen molar-refractivity contribution in [3.8, 4) is 0 Å². The molecule has 0 fully saturated rings. The Morgan fingerprint density at radius 2 is 2.16 bits per heavy atom. The highest BCUT2D eigenvalue weighted by atomic mass is 32.1. The summed E-state index contributed by atoms with van der Waals surface area (Å²) in [5, 5.41) is 4.38. The number of thiazole rings is 1. The fourth-order valence-corrected chi connectivity index (χ4v) is 2.56. The molecule has 0 bridgehead atoms. The van der Waals surface area contributed by atoms with E-state index in [1.54, 1.807) is 11.3 Å². The van der Waals surface area contributed by atoms with Gasteiger partial charge in [-0.25, -0.2) is 4.98 Å². The summed E-state index contributed by atoms with van der Waals surface area (Å²) in [5.41, 5.74) is 2.35. The van der Waals surface area contributed by atoms with E-state index >= 15 is 0 Å². The molecule has 0 aliphatic heterocycles. The van der Waals surface area contributed by atoms with Gasteiger partial charge in [0.2, 0.25) is 0 Å². The van der Waals surface area contributed by atoms with Gasteiger partial charge in [-0.15, -0.1) is 0 Å². The molecule has 2 nitrogen and oxygen atoms in total. The Morgan fingerprint density at radius 1 is 1.37 bits per heavy atom. The van der Waals surface area contributed by atoms with Crippen molar-refractivity contribution in [2.24, 2.45) is 5.92 Å². The Bertz CT molecular complexity index is 561. The van der Waals surface area contributed by atoms with E-state index in [9.17, 15) is 0 Å². The lowest BCUT2D eigenvalue weighted by Crippen LogP contribution is -2.02. The molecule has 1 aromatic heterocycles. The zero-order valence-corrected chi connectivity index (χ0v) is 12.5. The summed E-state index contributed by atoms with van der Waals surface area (Å²) in [6.45, 7) is 7.26. The van der Waals surface area contributed by atoms with Crippen LogP contribution in [-0.2, 0) is 0 Å². The molecule has 19 heavy (non-hydrogen) atoms. The van der Waals surface area contributed by atoms with Crippen LogP contribution < -0.4 is 5.32 Å². The molecule has 1 N–H and O–H groups in total. The fourth-order valence-electron chi connectivity index (χ4n) is 1.70. The third-order valence-electron chi connectivity index (χ3n) is 2.80. The molecular formula is C16H20N2S. The maximum absolute atomic E-state index is 4.57. The number of nitrogens with zero attached hydrogens (tertiary/aromatic N) is 1. The zero-order valence-electron chi connectivity index (χ0n) is 11.7. The predicted molar refractivity (Wildman–Crippen MR) is 85.8 cm³/mol. The number of hydrogen-bond donors (Lipinski definition) is 1. The molecule has 0 radical (unpaired) electrons. The molecule has 0 spiro atoms. The number of hydrogen-bond acceptors (Lipinski definition) is 3. The molecule has 2 rings (SSSR count). The normalized spacial score (nSPS) is 12.7.